The minimum atomic E-state index is -1.64. The van der Waals surface area contributed by atoms with Crippen LogP contribution in [0.4, 0.5) is 10.1 Å². The van der Waals surface area contributed by atoms with E-state index in [0.717, 1.165) is 47.3 Å². The van der Waals surface area contributed by atoms with Gasteiger partial charge in [-0.2, -0.15) is 4.39 Å². The molecular formula is C22H33FN2O3S2. The molecule has 8 heteroatoms. The number of carboxylic acids is 1. The summed E-state index contributed by atoms with van der Waals surface area (Å²) in [5.41, 5.74) is 1.10. The SMILES string of the molecule is C=CCCN1CCN(C)Sc2cc(O/C=C(\F)C(=O)O)c(SCC)cc21.CCCC. The molecule has 2 rings (SSSR count). The lowest BCUT2D eigenvalue weighted by Gasteiger charge is -2.25. The highest BCUT2D eigenvalue weighted by Crippen LogP contribution is 2.42. The van der Waals surface area contributed by atoms with Gasteiger partial charge in [0.25, 0.3) is 0 Å². The molecule has 30 heavy (non-hydrogen) atoms. The third-order valence-corrected chi connectivity index (χ3v) is 6.14. The van der Waals surface area contributed by atoms with Crippen molar-refractivity contribution in [3.63, 3.8) is 0 Å². The number of anilines is 1. The van der Waals surface area contributed by atoms with Crippen molar-refractivity contribution in [3.05, 3.63) is 36.9 Å². The number of hydrogen-bond acceptors (Lipinski definition) is 6. The highest BCUT2D eigenvalue weighted by molar-refractivity contribution is 7.99. The van der Waals surface area contributed by atoms with Crippen LogP contribution in [0.1, 0.15) is 40.0 Å². The fraction of sp³-hybridized carbons (Fsp3) is 0.500. The number of rotatable bonds is 9. The van der Waals surface area contributed by atoms with Crippen LogP contribution in [0.5, 0.6) is 5.75 Å². The number of carbonyl (C=O) groups is 1. The van der Waals surface area contributed by atoms with Crippen LogP contribution in [0.2, 0.25) is 0 Å². The number of likely N-dealkylation sites (N-methyl/N-ethyl adjacent to an activating group) is 1. The highest BCUT2D eigenvalue weighted by Gasteiger charge is 2.21. The zero-order valence-corrected chi connectivity index (χ0v) is 20.0. The van der Waals surface area contributed by atoms with E-state index in [9.17, 15) is 9.18 Å². The maximum absolute atomic E-state index is 13.3. The molecule has 0 saturated heterocycles. The number of nitrogens with zero attached hydrogens (tertiary/aromatic N) is 2. The van der Waals surface area contributed by atoms with Crippen LogP contribution in [-0.2, 0) is 4.79 Å². The number of halogens is 1. The van der Waals surface area contributed by atoms with Crippen molar-refractivity contribution in [1.82, 2.24) is 4.31 Å². The smallest absolute Gasteiger partial charge is 0.368 e. The van der Waals surface area contributed by atoms with Crippen LogP contribution in [-0.4, -0.2) is 47.8 Å². The first kappa shape index (κ1) is 26.4. The highest BCUT2D eigenvalue weighted by atomic mass is 32.2. The maximum Gasteiger partial charge on any atom is 0.368 e. The molecule has 1 aromatic rings. The van der Waals surface area contributed by atoms with Gasteiger partial charge >= 0.3 is 5.97 Å². The molecule has 0 spiro atoms. The van der Waals surface area contributed by atoms with Crippen LogP contribution in [0.25, 0.3) is 0 Å². The van der Waals surface area contributed by atoms with Gasteiger partial charge in [-0.15, -0.1) is 18.3 Å². The Morgan fingerprint density at radius 3 is 2.60 bits per heavy atom. The number of hydrogen-bond donors (Lipinski definition) is 1. The summed E-state index contributed by atoms with van der Waals surface area (Å²) in [4.78, 5) is 14.8. The standard InChI is InChI=1S/C18H23FN2O3S2.C4H10/c1-4-6-7-21-9-8-20(3)26-16-11-15(24-12-13(19)18(22)23)17(25-5-2)10-14(16)21;1-3-4-2/h4,10-12H,1,5-9H2,2-3H3,(H,22,23);3-4H2,1-2H3/b13-12-;. The first-order valence-corrected chi connectivity index (χ1v) is 11.9. The summed E-state index contributed by atoms with van der Waals surface area (Å²) in [6, 6.07) is 3.90. The van der Waals surface area contributed by atoms with Gasteiger partial charge in [0.2, 0.25) is 5.83 Å². The number of thioether (sulfide) groups is 1. The van der Waals surface area contributed by atoms with Crippen LogP contribution >= 0.6 is 23.7 Å². The lowest BCUT2D eigenvalue weighted by molar-refractivity contribution is -0.134. The minimum Gasteiger partial charge on any atom is -0.476 e. The number of unbranched alkanes of at least 4 members (excludes halogenated alkanes) is 1. The van der Waals surface area contributed by atoms with Crippen molar-refractivity contribution in [2.75, 3.05) is 37.3 Å². The molecule has 1 aliphatic rings. The second-order valence-corrected chi connectivity index (χ2v) is 9.15. The Bertz CT molecular complexity index is 727. The van der Waals surface area contributed by atoms with Gasteiger partial charge in [-0.3, -0.25) is 0 Å². The second-order valence-electron chi connectivity index (χ2n) is 6.60. The average Bonchev–Trinajstić information content (AvgIpc) is 2.88. The molecule has 5 nitrogen and oxygen atoms in total. The van der Waals surface area contributed by atoms with Crippen LogP contribution in [0, 0.1) is 0 Å². The fourth-order valence-corrected chi connectivity index (χ4v) is 4.16. The molecule has 0 unspecified atom stereocenters. The number of fused-ring (bicyclic) bond motifs is 1. The van der Waals surface area contributed by atoms with Crippen molar-refractivity contribution in [1.29, 1.82) is 0 Å². The fourth-order valence-electron chi connectivity index (χ4n) is 2.45. The van der Waals surface area contributed by atoms with E-state index in [2.05, 4.69) is 29.6 Å². The number of aliphatic carboxylic acids is 1. The first-order chi connectivity index (χ1) is 14.4. The van der Waals surface area contributed by atoms with E-state index in [1.54, 1.807) is 23.7 Å². The minimum absolute atomic E-state index is 0.457. The Morgan fingerprint density at radius 2 is 2.03 bits per heavy atom. The molecule has 0 aromatic heterocycles. The molecule has 1 N–H and O–H groups in total. The number of ether oxygens (including phenoxy) is 1. The lowest BCUT2D eigenvalue weighted by Crippen LogP contribution is -2.29. The molecule has 1 heterocycles. The second kappa shape index (κ2) is 14.4. The van der Waals surface area contributed by atoms with Crippen molar-refractivity contribution < 1.29 is 19.0 Å². The molecule has 0 fully saturated rings. The Hall–Kier alpha value is -1.64. The van der Waals surface area contributed by atoms with Crippen LogP contribution in [0.15, 0.2) is 46.7 Å². The van der Waals surface area contributed by atoms with Gasteiger partial charge in [-0.05, 0) is 43.3 Å². The van der Waals surface area contributed by atoms with Crippen molar-refractivity contribution in [2.45, 2.75) is 49.8 Å². The van der Waals surface area contributed by atoms with Crippen LogP contribution in [0.3, 0.4) is 0 Å². The third-order valence-electron chi connectivity index (χ3n) is 4.20. The number of carboxylic acid groups (broad SMARTS) is 1. The summed E-state index contributed by atoms with van der Waals surface area (Å²) in [6.07, 6.45) is 6.07. The van der Waals surface area contributed by atoms with Gasteiger partial charge in [-0.1, -0.05) is 39.7 Å². The Balaban J connectivity index is 0.00000103. The molecule has 0 amide bonds. The van der Waals surface area contributed by atoms with Gasteiger partial charge in [0.1, 0.15) is 12.0 Å². The van der Waals surface area contributed by atoms with E-state index in [1.165, 1.54) is 12.8 Å². The Labute approximate surface area is 188 Å². The first-order valence-electron chi connectivity index (χ1n) is 10.2. The lowest BCUT2D eigenvalue weighted by atomic mass is 10.2. The molecule has 0 radical (unpaired) electrons. The molecule has 0 bridgehead atoms. The monoisotopic (exact) mass is 456 g/mol. The zero-order chi connectivity index (χ0) is 22.5. The summed E-state index contributed by atoms with van der Waals surface area (Å²) >= 11 is 3.17. The quantitative estimate of drug-likeness (QED) is 0.156. The van der Waals surface area contributed by atoms with Crippen molar-refractivity contribution in [3.8, 4) is 5.75 Å². The van der Waals surface area contributed by atoms with Gasteiger partial charge in [0.05, 0.1) is 15.5 Å². The van der Waals surface area contributed by atoms with E-state index in [4.69, 9.17) is 9.84 Å². The topological polar surface area (TPSA) is 53.0 Å². The number of benzene rings is 1. The zero-order valence-electron chi connectivity index (χ0n) is 18.3. The normalized spacial score (nSPS) is 14.3. The molecular weight excluding hydrogens is 423 g/mol. The molecule has 1 aromatic carbocycles. The van der Waals surface area contributed by atoms with Gasteiger partial charge in [0.15, 0.2) is 0 Å². The Morgan fingerprint density at radius 1 is 1.33 bits per heavy atom. The molecule has 0 atom stereocenters. The Kier molecular flexibility index (Phi) is 12.7. The summed E-state index contributed by atoms with van der Waals surface area (Å²) in [5.74, 6) is -1.70. The van der Waals surface area contributed by atoms with Crippen molar-refractivity contribution >= 4 is 35.4 Å². The van der Waals surface area contributed by atoms with E-state index in [1.807, 2.05) is 32.2 Å². The largest absolute Gasteiger partial charge is 0.476 e. The summed E-state index contributed by atoms with van der Waals surface area (Å²) in [6.45, 7) is 12.8. The summed E-state index contributed by atoms with van der Waals surface area (Å²) in [7, 11) is 2.02. The van der Waals surface area contributed by atoms with E-state index in [-0.39, 0.29) is 0 Å². The van der Waals surface area contributed by atoms with Crippen molar-refractivity contribution in [2.24, 2.45) is 0 Å². The van der Waals surface area contributed by atoms with Gasteiger partial charge in [0, 0.05) is 19.6 Å². The average molecular weight is 457 g/mol. The summed E-state index contributed by atoms with van der Waals surface area (Å²) in [5, 5.41) is 8.66. The predicted molar refractivity (Wildman–Crippen MR) is 126 cm³/mol. The molecule has 0 aliphatic carbocycles. The maximum atomic E-state index is 13.3. The van der Waals surface area contributed by atoms with E-state index in [0.29, 0.717) is 12.0 Å². The van der Waals surface area contributed by atoms with Gasteiger partial charge < -0.3 is 14.7 Å². The molecule has 0 saturated carbocycles. The molecule has 168 valence electrons. The molecule has 1 aliphatic heterocycles. The van der Waals surface area contributed by atoms with Crippen LogP contribution < -0.4 is 9.64 Å². The van der Waals surface area contributed by atoms with E-state index >= 15 is 0 Å². The van der Waals surface area contributed by atoms with Gasteiger partial charge in [-0.25, -0.2) is 9.10 Å². The predicted octanol–water partition coefficient (Wildman–Crippen LogP) is 6.21. The van der Waals surface area contributed by atoms with E-state index < -0.39 is 11.8 Å². The third kappa shape index (κ3) is 8.62. The summed E-state index contributed by atoms with van der Waals surface area (Å²) < 4.78 is 20.8.